The quantitative estimate of drug-likeness (QED) is 0.606. The van der Waals surface area contributed by atoms with Gasteiger partial charge in [-0.2, -0.15) is 13.2 Å². The zero-order valence-electron chi connectivity index (χ0n) is 18.8. The minimum atomic E-state index is -4.61. The molecule has 2 amide bonds. The van der Waals surface area contributed by atoms with E-state index in [2.05, 4.69) is 12.2 Å². The fraction of sp³-hybridized carbons (Fsp3) is 0.667. The van der Waals surface area contributed by atoms with E-state index >= 15 is 0 Å². The van der Waals surface area contributed by atoms with Gasteiger partial charge >= 0.3 is 6.18 Å². The van der Waals surface area contributed by atoms with Gasteiger partial charge in [0.25, 0.3) is 0 Å². The van der Waals surface area contributed by atoms with Crippen LogP contribution in [0, 0.1) is 11.3 Å². The summed E-state index contributed by atoms with van der Waals surface area (Å²) in [6.45, 7) is 3.42. The van der Waals surface area contributed by atoms with Gasteiger partial charge in [0.15, 0.2) is 5.41 Å². The minimum Gasteiger partial charge on any atom is -0.356 e. The molecule has 0 aromatic heterocycles. The van der Waals surface area contributed by atoms with Gasteiger partial charge in [-0.3, -0.25) is 14.5 Å². The van der Waals surface area contributed by atoms with E-state index in [4.69, 9.17) is 0 Å². The summed E-state index contributed by atoms with van der Waals surface area (Å²) < 4.78 is 42.6. The molecule has 0 spiro atoms. The van der Waals surface area contributed by atoms with E-state index in [1.165, 1.54) is 4.90 Å². The Morgan fingerprint density at radius 1 is 1.09 bits per heavy atom. The molecule has 1 aromatic carbocycles. The average molecular weight is 454 g/mol. The van der Waals surface area contributed by atoms with Crippen LogP contribution in [0.25, 0.3) is 0 Å². The summed E-state index contributed by atoms with van der Waals surface area (Å²) in [5.74, 6) is -1.11. The molecule has 2 aliphatic rings. The number of carbonyl (C=O) groups is 2. The highest BCUT2D eigenvalue weighted by molar-refractivity contribution is 5.85. The average Bonchev–Trinajstić information content (AvgIpc) is 3.22. The molecular formula is C24H34F3N3O2. The number of hydrogen-bond acceptors (Lipinski definition) is 3. The van der Waals surface area contributed by atoms with E-state index in [0.29, 0.717) is 25.9 Å². The van der Waals surface area contributed by atoms with Crippen LogP contribution in [0.15, 0.2) is 30.3 Å². The number of nitrogens with zero attached hydrogens (tertiary/aromatic N) is 2. The van der Waals surface area contributed by atoms with Crippen LogP contribution in [0.3, 0.4) is 0 Å². The fourth-order valence-corrected chi connectivity index (χ4v) is 4.77. The van der Waals surface area contributed by atoms with Crippen LogP contribution < -0.4 is 5.32 Å². The second-order valence-electron chi connectivity index (χ2n) is 9.09. The van der Waals surface area contributed by atoms with E-state index in [1.54, 1.807) is 4.90 Å². The highest BCUT2D eigenvalue weighted by atomic mass is 19.4. The maximum absolute atomic E-state index is 14.2. The number of carbonyl (C=O) groups excluding carboxylic acids is 2. The van der Waals surface area contributed by atoms with Crippen LogP contribution in [0.4, 0.5) is 13.2 Å². The van der Waals surface area contributed by atoms with Gasteiger partial charge in [0.1, 0.15) is 0 Å². The summed E-state index contributed by atoms with van der Waals surface area (Å²) in [4.78, 5) is 28.6. The number of hydrogen-bond donors (Lipinski definition) is 1. The molecule has 0 bridgehead atoms. The predicted molar refractivity (Wildman–Crippen MR) is 117 cm³/mol. The van der Waals surface area contributed by atoms with Gasteiger partial charge in [0, 0.05) is 38.6 Å². The second kappa shape index (κ2) is 10.7. The molecule has 178 valence electrons. The molecule has 0 aliphatic carbocycles. The summed E-state index contributed by atoms with van der Waals surface area (Å²) >= 11 is 0. The summed E-state index contributed by atoms with van der Waals surface area (Å²) in [6, 6.07) is 9.35. The number of halogens is 3. The summed E-state index contributed by atoms with van der Waals surface area (Å²) in [5, 5.41) is 2.92. The van der Waals surface area contributed by atoms with E-state index in [1.807, 2.05) is 30.3 Å². The number of nitrogens with one attached hydrogen (secondary N) is 1. The van der Waals surface area contributed by atoms with E-state index in [0.717, 1.165) is 24.8 Å². The molecule has 2 fully saturated rings. The highest BCUT2D eigenvalue weighted by Gasteiger charge is 2.64. The normalized spacial score (nSPS) is 22.8. The Bertz CT molecular complexity index is 764. The van der Waals surface area contributed by atoms with Gasteiger partial charge in [-0.05, 0) is 37.8 Å². The lowest BCUT2D eigenvalue weighted by Gasteiger charge is -2.39. The van der Waals surface area contributed by atoms with Crippen LogP contribution in [0.2, 0.25) is 0 Å². The Labute approximate surface area is 188 Å². The first-order valence-electron chi connectivity index (χ1n) is 11.7. The van der Waals surface area contributed by atoms with Crippen LogP contribution in [0.5, 0.6) is 0 Å². The largest absolute Gasteiger partial charge is 0.404 e. The first kappa shape index (κ1) is 24.6. The highest BCUT2D eigenvalue weighted by Crippen LogP contribution is 2.47. The summed E-state index contributed by atoms with van der Waals surface area (Å²) in [7, 11) is 0. The van der Waals surface area contributed by atoms with Crippen molar-refractivity contribution in [3.63, 3.8) is 0 Å². The number of alkyl halides is 3. The van der Waals surface area contributed by atoms with Gasteiger partial charge in [-0.15, -0.1) is 0 Å². The van der Waals surface area contributed by atoms with Crippen LogP contribution in [-0.2, 0) is 16.1 Å². The molecule has 3 rings (SSSR count). The lowest BCUT2D eigenvalue weighted by atomic mass is 9.83. The number of likely N-dealkylation sites (tertiary alicyclic amines) is 2. The van der Waals surface area contributed by atoms with Gasteiger partial charge in [-0.1, -0.05) is 50.1 Å². The maximum atomic E-state index is 14.2. The molecule has 1 aromatic rings. The zero-order valence-corrected chi connectivity index (χ0v) is 18.8. The standard InChI is InChI=1S/C24H34F3N3O2/c1-2-3-7-13-28-21(31)20-10-14-30(15-11-20)22(32)23(24(25,26)27)12-16-29(18-23)17-19-8-5-4-6-9-19/h4-6,8-9,20H,2-3,7,10-18H2,1H3,(H,28,31). The van der Waals surface area contributed by atoms with E-state index in [9.17, 15) is 22.8 Å². The third-order valence-electron chi connectivity index (χ3n) is 6.78. The molecule has 1 atom stereocenters. The predicted octanol–water partition coefficient (Wildman–Crippen LogP) is 3.99. The van der Waals surface area contributed by atoms with Gasteiger partial charge in [0.2, 0.25) is 11.8 Å². The topological polar surface area (TPSA) is 52.7 Å². The van der Waals surface area contributed by atoms with E-state index < -0.39 is 17.5 Å². The van der Waals surface area contributed by atoms with Crippen molar-refractivity contribution >= 4 is 11.8 Å². The Morgan fingerprint density at radius 3 is 2.41 bits per heavy atom. The molecular weight excluding hydrogens is 419 g/mol. The Kier molecular flexibility index (Phi) is 8.20. The monoisotopic (exact) mass is 453 g/mol. The van der Waals surface area contributed by atoms with Gasteiger partial charge in [-0.25, -0.2) is 0 Å². The molecule has 0 radical (unpaired) electrons. The van der Waals surface area contributed by atoms with Crippen molar-refractivity contribution in [3.05, 3.63) is 35.9 Å². The minimum absolute atomic E-state index is 0.0476. The van der Waals surface area contributed by atoms with Gasteiger partial charge < -0.3 is 10.2 Å². The Hall–Kier alpha value is -2.09. The SMILES string of the molecule is CCCCCNC(=O)C1CCN(C(=O)C2(C(F)(F)F)CCN(Cc3ccccc3)C2)CC1. The van der Waals surface area contributed by atoms with E-state index in [-0.39, 0.29) is 44.4 Å². The van der Waals surface area contributed by atoms with Crippen molar-refractivity contribution < 1.29 is 22.8 Å². The van der Waals surface area contributed by atoms with Crippen molar-refractivity contribution in [3.8, 4) is 0 Å². The number of amides is 2. The molecule has 5 nitrogen and oxygen atoms in total. The molecule has 0 saturated carbocycles. The Balaban J connectivity index is 1.59. The van der Waals surface area contributed by atoms with Crippen LogP contribution in [0.1, 0.15) is 51.0 Å². The van der Waals surface area contributed by atoms with Crippen molar-refractivity contribution in [2.24, 2.45) is 11.3 Å². The third kappa shape index (κ3) is 5.63. The van der Waals surface area contributed by atoms with Crippen LogP contribution >= 0.6 is 0 Å². The number of piperidine rings is 1. The van der Waals surface area contributed by atoms with Gasteiger partial charge in [0.05, 0.1) is 0 Å². The fourth-order valence-electron chi connectivity index (χ4n) is 4.77. The van der Waals surface area contributed by atoms with Crippen molar-refractivity contribution in [1.29, 1.82) is 0 Å². The molecule has 2 saturated heterocycles. The number of rotatable bonds is 8. The lowest BCUT2D eigenvalue weighted by molar-refractivity contribution is -0.224. The van der Waals surface area contributed by atoms with Crippen molar-refractivity contribution in [2.75, 3.05) is 32.7 Å². The van der Waals surface area contributed by atoms with Crippen molar-refractivity contribution in [1.82, 2.24) is 15.1 Å². The first-order chi connectivity index (χ1) is 15.3. The molecule has 2 aliphatic heterocycles. The molecule has 8 heteroatoms. The smallest absolute Gasteiger partial charge is 0.356 e. The molecule has 1 unspecified atom stereocenters. The summed E-state index contributed by atoms with van der Waals surface area (Å²) in [6.07, 6.45) is -0.968. The molecule has 32 heavy (non-hydrogen) atoms. The molecule has 1 N–H and O–H groups in total. The van der Waals surface area contributed by atoms with Crippen molar-refractivity contribution in [2.45, 2.75) is 58.2 Å². The first-order valence-corrected chi connectivity index (χ1v) is 11.7. The second-order valence-corrected chi connectivity index (χ2v) is 9.09. The third-order valence-corrected chi connectivity index (χ3v) is 6.78. The number of benzene rings is 1. The maximum Gasteiger partial charge on any atom is 0.404 e. The zero-order chi connectivity index (χ0) is 23.2. The Morgan fingerprint density at radius 2 is 1.78 bits per heavy atom. The summed E-state index contributed by atoms with van der Waals surface area (Å²) in [5.41, 5.74) is -1.43. The number of unbranched alkanes of at least 4 members (excludes halogenated alkanes) is 2. The molecule has 2 heterocycles. The lowest BCUT2D eigenvalue weighted by Crippen LogP contribution is -2.55. The van der Waals surface area contributed by atoms with Crippen LogP contribution in [-0.4, -0.2) is 60.5 Å².